The van der Waals surface area contributed by atoms with E-state index in [0.29, 0.717) is 12.6 Å². The molecule has 0 bridgehead atoms. The van der Waals surface area contributed by atoms with E-state index >= 15 is 0 Å². The van der Waals surface area contributed by atoms with Gasteiger partial charge in [0.15, 0.2) is 0 Å². The number of aliphatic hydroxyl groups is 1. The fourth-order valence-electron chi connectivity index (χ4n) is 2.03. The molecule has 0 spiro atoms. The Balaban J connectivity index is 4.19. The van der Waals surface area contributed by atoms with Gasteiger partial charge in [-0.25, -0.2) is 0 Å². The zero-order valence-electron chi connectivity index (χ0n) is 12.4. The van der Waals surface area contributed by atoms with Gasteiger partial charge in [0.05, 0.1) is 0 Å². The molecule has 3 heteroatoms. The van der Waals surface area contributed by atoms with Crippen LogP contribution in [0.2, 0.25) is 0 Å². The van der Waals surface area contributed by atoms with Crippen molar-refractivity contribution in [1.82, 2.24) is 10.2 Å². The van der Waals surface area contributed by atoms with E-state index in [4.69, 9.17) is 0 Å². The molecule has 0 rings (SSSR count). The fraction of sp³-hybridized carbons (Fsp3) is 0.857. The van der Waals surface area contributed by atoms with E-state index < -0.39 is 5.72 Å². The van der Waals surface area contributed by atoms with Crippen molar-refractivity contribution in [2.75, 3.05) is 20.6 Å². The van der Waals surface area contributed by atoms with Crippen LogP contribution in [0.25, 0.3) is 0 Å². The molecule has 2 N–H and O–H groups in total. The number of rotatable bonds is 8. The molecule has 0 aliphatic heterocycles. The summed E-state index contributed by atoms with van der Waals surface area (Å²) in [5.41, 5.74) is 0.603. The van der Waals surface area contributed by atoms with Crippen molar-refractivity contribution < 1.29 is 5.11 Å². The molecular formula is C14H30N2O. The van der Waals surface area contributed by atoms with Gasteiger partial charge in [-0.2, -0.15) is 0 Å². The van der Waals surface area contributed by atoms with E-state index in [1.165, 1.54) is 5.57 Å². The highest BCUT2D eigenvalue weighted by molar-refractivity contribution is 4.96. The summed E-state index contributed by atoms with van der Waals surface area (Å²) < 4.78 is 0. The smallest absolute Gasteiger partial charge is 0.126 e. The van der Waals surface area contributed by atoms with E-state index in [-0.39, 0.29) is 0 Å². The normalized spacial score (nSPS) is 18.2. The summed E-state index contributed by atoms with van der Waals surface area (Å²) in [5, 5.41) is 13.6. The number of nitrogens with one attached hydrogen (secondary N) is 1. The predicted octanol–water partition coefficient (Wildman–Crippen LogP) is 2.37. The average Bonchev–Trinajstić information content (AvgIpc) is 2.21. The van der Waals surface area contributed by atoms with Gasteiger partial charge in [0.2, 0.25) is 0 Å². The van der Waals surface area contributed by atoms with Gasteiger partial charge >= 0.3 is 0 Å². The highest BCUT2D eigenvalue weighted by atomic mass is 16.3. The maximum absolute atomic E-state index is 10.2. The molecule has 3 nitrogen and oxygen atoms in total. The van der Waals surface area contributed by atoms with Crippen molar-refractivity contribution in [3.05, 3.63) is 11.6 Å². The Hall–Kier alpha value is -0.380. The van der Waals surface area contributed by atoms with Crippen LogP contribution in [-0.4, -0.2) is 42.4 Å². The zero-order valence-corrected chi connectivity index (χ0v) is 12.4. The molecule has 0 radical (unpaired) electrons. The number of hydrogen-bond acceptors (Lipinski definition) is 3. The molecule has 0 aliphatic carbocycles. The van der Waals surface area contributed by atoms with Gasteiger partial charge in [-0.15, -0.1) is 0 Å². The van der Waals surface area contributed by atoms with Crippen LogP contribution in [0.4, 0.5) is 0 Å². The Morgan fingerprint density at radius 2 is 2.06 bits per heavy atom. The molecule has 0 saturated heterocycles. The first-order valence-electron chi connectivity index (χ1n) is 6.57. The van der Waals surface area contributed by atoms with E-state index in [9.17, 15) is 5.11 Å². The lowest BCUT2D eigenvalue weighted by atomic mass is 10.0. The summed E-state index contributed by atoms with van der Waals surface area (Å²) in [4.78, 5) is 2.00. The summed E-state index contributed by atoms with van der Waals surface area (Å²) >= 11 is 0. The van der Waals surface area contributed by atoms with Crippen LogP contribution < -0.4 is 5.32 Å². The zero-order chi connectivity index (χ0) is 13.5. The summed E-state index contributed by atoms with van der Waals surface area (Å²) in [6, 6.07) is 0.375. The molecule has 2 atom stereocenters. The summed E-state index contributed by atoms with van der Waals surface area (Å²) in [7, 11) is 3.95. The summed E-state index contributed by atoms with van der Waals surface area (Å²) in [5.74, 6) is 0. The minimum Gasteiger partial charge on any atom is -0.375 e. The lowest BCUT2D eigenvalue weighted by molar-refractivity contribution is -0.0103. The molecule has 102 valence electrons. The molecule has 0 saturated carbocycles. The molecule has 0 aromatic carbocycles. The number of likely N-dealkylation sites (N-methyl/N-ethyl adjacent to an activating group) is 1. The molecule has 2 unspecified atom stereocenters. The van der Waals surface area contributed by atoms with Gasteiger partial charge in [0.25, 0.3) is 0 Å². The van der Waals surface area contributed by atoms with Gasteiger partial charge in [-0.05, 0) is 54.1 Å². The van der Waals surface area contributed by atoms with Gasteiger partial charge in [-0.1, -0.05) is 18.6 Å². The van der Waals surface area contributed by atoms with Crippen molar-refractivity contribution >= 4 is 0 Å². The van der Waals surface area contributed by atoms with Gasteiger partial charge in [0, 0.05) is 12.6 Å². The average molecular weight is 242 g/mol. The first-order chi connectivity index (χ1) is 7.80. The molecule has 0 aromatic rings. The van der Waals surface area contributed by atoms with Crippen molar-refractivity contribution in [3.63, 3.8) is 0 Å². The van der Waals surface area contributed by atoms with E-state index in [2.05, 4.69) is 32.2 Å². The van der Waals surface area contributed by atoms with Crippen molar-refractivity contribution in [2.24, 2.45) is 0 Å². The van der Waals surface area contributed by atoms with E-state index in [1.54, 1.807) is 0 Å². The van der Waals surface area contributed by atoms with Gasteiger partial charge in [-0.3, -0.25) is 5.32 Å². The van der Waals surface area contributed by atoms with Crippen LogP contribution in [-0.2, 0) is 0 Å². The molecule has 0 amide bonds. The fourth-order valence-corrected chi connectivity index (χ4v) is 2.03. The standard InChI is InChI=1S/C14H30N2O/c1-7-12(3)9-10-13(8-2)15-14(4,17)11-16(5)6/h7,13,15,17H,8-11H2,1-6H3. The Morgan fingerprint density at radius 3 is 2.47 bits per heavy atom. The maximum Gasteiger partial charge on any atom is 0.126 e. The van der Waals surface area contributed by atoms with Gasteiger partial charge < -0.3 is 10.0 Å². The second-order valence-electron chi connectivity index (χ2n) is 5.43. The molecule has 0 aliphatic rings. The second-order valence-corrected chi connectivity index (χ2v) is 5.43. The lowest BCUT2D eigenvalue weighted by Gasteiger charge is -2.32. The number of hydrogen-bond donors (Lipinski definition) is 2. The maximum atomic E-state index is 10.2. The Labute approximate surface area is 107 Å². The predicted molar refractivity (Wildman–Crippen MR) is 75.1 cm³/mol. The van der Waals surface area contributed by atoms with Gasteiger partial charge in [0.1, 0.15) is 5.72 Å². The van der Waals surface area contributed by atoms with Crippen molar-refractivity contribution in [1.29, 1.82) is 0 Å². The first kappa shape index (κ1) is 16.6. The molecular weight excluding hydrogens is 212 g/mol. The largest absolute Gasteiger partial charge is 0.375 e. The Morgan fingerprint density at radius 1 is 1.47 bits per heavy atom. The third-order valence-corrected chi connectivity index (χ3v) is 3.01. The number of allylic oxidation sites excluding steroid dienone is 2. The van der Waals surface area contributed by atoms with Crippen LogP contribution in [0.15, 0.2) is 11.6 Å². The summed E-state index contributed by atoms with van der Waals surface area (Å²) in [6.07, 6.45) is 5.38. The van der Waals surface area contributed by atoms with Crippen LogP contribution in [0.5, 0.6) is 0 Å². The molecule has 0 fully saturated rings. The lowest BCUT2D eigenvalue weighted by Crippen LogP contribution is -2.53. The van der Waals surface area contributed by atoms with Crippen molar-refractivity contribution in [3.8, 4) is 0 Å². The van der Waals surface area contributed by atoms with Crippen LogP contribution >= 0.6 is 0 Å². The minimum atomic E-state index is -0.811. The monoisotopic (exact) mass is 242 g/mol. The Kier molecular flexibility index (Phi) is 7.68. The highest BCUT2D eigenvalue weighted by Gasteiger charge is 2.23. The van der Waals surface area contributed by atoms with E-state index in [1.807, 2.05) is 25.9 Å². The second kappa shape index (κ2) is 7.85. The summed E-state index contributed by atoms with van der Waals surface area (Å²) in [6.45, 7) is 8.87. The molecule has 0 heterocycles. The molecule has 0 aromatic heterocycles. The third kappa shape index (κ3) is 8.36. The Bertz CT molecular complexity index is 234. The molecule has 17 heavy (non-hydrogen) atoms. The number of nitrogens with zero attached hydrogens (tertiary/aromatic N) is 1. The van der Waals surface area contributed by atoms with E-state index in [0.717, 1.165) is 19.3 Å². The quantitative estimate of drug-likeness (QED) is 0.507. The van der Waals surface area contributed by atoms with Crippen LogP contribution in [0.3, 0.4) is 0 Å². The highest BCUT2D eigenvalue weighted by Crippen LogP contribution is 2.12. The minimum absolute atomic E-state index is 0.375. The third-order valence-electron chi connectivity index (χ3n) is 3.01. The van der Waals surface area contributed by atoms with Crippen LogP contribution in [0.1, 0.15) is 47.0 Å². The van der Waals surface area contributed by atoms with Crippen molar-refractivity contribution in [2.45, 2.75) is 58.7 Å². The SMILES string of the molecule is CC=C(C)CCC(CC)NC(C)(O)CN(C)C. The van der Waals surface area contributed by atoms with Crippen LogP contribution in [0, 0.1) is 0 Å². The topological polar surface area (TPSA) is 35.5 Å². The first-order valence-corrected chi connectivity index (χ1v) is 6.57.